The van der Waals surface area contributed by atoms with Gasteiger partial charge in [0.25, 0.3) is 0 Å². The lowest BCUT2D eigenvalue weighted by molar-refractivity contribution is 0.211. The van der Waals surface area contributed by atoms with Crippen LogP contribution in [-0.2, 0) is 13.6 Å². The molecule has 0 fully saturated rings. The number of hydrogen-bond donors (Lipinski definition) is 1. The van der Waals surface area contributed by atoms with E-state index in [4.69, 9.17) is 13.6 Å². The molecule has 0 aromatic heterocycles. The third-order valence-corrected chi connectivity index (χ3v) is 4.21. The number of hydrogen-bond acceptors (Lipinski definition) is 5. The van der Waals surface area contributed by atoms with Crippen LogP contribution in [0.3, 0.4) is 0 Å². The normalized spacial score (nSPS) is 12.3. The average molecular weight is 287 g/mol. The minimum atomic E-state index is -3.49. The summed E-state index contributed by atoms with van der Waals surface area (Å²) in [6.07, 6.45) is 1.01. The van der Waals surface area contributed by atoms with Crippen molar-refractivity contribution in [3.63, 3.8) is 0 Å². The van der Waals surface area contributed by atoms with E-state index in [1.165, 1.54) is 14.2 Å². The van der Waals surface area contributed by atoms with Gasteiger partial charge in [-0.05, 0) is 44.5 Å². The number of nitrogens with one attached hydrogen (secondary N) is 1. The van der Waals surface area contributed by atoms with E-state index in [-0.39, 0.29) is 5.54 Å². The van der Waals surface area contributed by atoms with Gasteiger partial charge in [-0.15, -0.1) is 0 Å². The quantitative estimate of drug-likeness (QED) is 0.766. The highest BCUT2D eigenvalue weighted by molar-refractivity contribution is 7.48. The molecule has 0 bridgehead atoms. The van der Waals surface area contributed by atoms with Crippen LogP contribution >= 0.6 is 7.82 Å². The number of phosphoric acid groups is 1. The molecule has 1 aromatic carbocycles. The number of phosphoric ester groups is 1. The zero-order valence-electron chi connectivity index (χ0n) is 12.1. The van der Waals surface area contributed by atoms with Gasteiger partial charge in [-0.25, -0.2) is 4.57 Å². The number of anilines is 1. The second-order valence-electron chi connectivity index (χ2n) is 4.79. The van der Waals surface area contributed by atoms with Gasteiger partial charge < -0.3 is 9.84 Å². The lowest BCUT2D eigenvalue weighted by Crippen LogP contribution is -2.29. The molecule has 1 N–H and O–H groups in total. The number of rotatable bonds is 7. The fraction of sp³-hybridized carbons (Fsp3) is 0.538. The van der Waals surface area contributed by atoms with Gasteiger partial charge in [0.1, 0.15) is 5.75 Å². The highest BCUT2D eigenvalue weighted by Crippen LogP contribution is 2.47. The first-order valence-electron chi connectivity index (χ1n) is 6.13. The molecular formula is C13H22NO4P. The maximum atomic E-state index is 11.8. The van der Waals surface area contributed by atoms with Gasteiger partial charge in [-0.1, -0.05) is 6.92 Å². The summed E-state index contributed by atoms with van der Waals surface area (Å²) >= 11 is 0. The van der Waals surface area contributed by atoms with Crippen molar-refractivity contribution in [3.05, 3.63) is 24.3 Å². The van der Waals surface area contributed by atoms with Crippen LogP contribution < -0.4 is 9.84 Å². The van der Waals surface area contributed by atoms with Crippen LogP contribution in [0.15, 0.2) is 24.3 Å². The monoisotopic (exact) mass is 287 g/mol. The molecule has 0 aliphatic rings. The highest BCUT2D eigenvalue weighted by atomic mass is 31.2. The highest BCUT2D eigenvalue weighted by Gasteiger charge is 2.24. The Morgan fingerprint density at radius 3 is 2.11 bits per heavy atom. The summed E-state index contributed by atoms with van der Waals surface area (Å²) in [5, 5.41) is 3.40. The van der Waals surface area contributed by atoms with Crippen molar-refractivity contribution in [2.45, 2.75) is 32.7 Å². The van der Waals surface area contributed by atoms with E-state index in [0.717, 1.165) is 12.1 Å². The summed E-state index contributed by atoms with van der Waals surface area (Å²) in [6, 6.07) is 7.17. The van der Waals surface area contributed by atoms with Crippen molar-refractivity contribution < 1.29 is 18.1 Å². The van der Waals surface area contributed by atoms with Crippen molar-refractivity contribution in [3.8, 4) is 5.75 Å². The molecule has 0 aliphatic carbocycles. The molecule has 1 aromatic rings. The summed E-state index contributed by atoms with van der Waals surface area (Å²) < 4.78 is 26.4. The first-order chi connectivity index (χ1) is 8.84. The molecule has 6 heteroatoms. The Morgan fingerprint density at radius 1 is 1.16 bits per heavy atom. The van der Waals surface area contributed by atoms with Gasteiger partial charge in [0.05, 0.1) is 0 Å². The van der Waals surface area contributed by atoms with E-state index < -0.39 is 7.82 Å². The molecule has 108 valence electrons. The van der Waals surface area contributed by atoms with E-state index in [1.807, 2.05) is 12.1 Å². The standard InChI is InChI=1S/C13H22NO4P/c1-6-13(2,3)14-11-7-9-12(10-8-11)18-19(15,16-4)17-5/h7-10,14H,6H2,1-5H3. The number of benzene rings is 1. The topological polar surface area (TPSA) is 56.8 Å². The van der Waals surface area contributed by atoms with Crippen LogP contribution in [0.25, 0.3) is 0 Å². The predicted molar refractivity (Wildman–Crippen MR) is 76.7 cm³/mol. The van der Waals surface area contributed by atoms with Crippen molar-refractivity contribution in [2.75, 3.05) is 19.5 Å². The van der Waals surface area contributed by atoms with Crippen molar-refractivity contribution in [1.29, 1.82) is 0 Å². The summed E-state index contributed by atoms with van der Waals surface area (Å²) in [5.74, 6) is 0.437. The fourth-order valence-electron chi connectivity index (χ4n) is 1.36. The lowest BCUT2D eigenvalue weighted by atomic mass is 10.0. The molecular weight excluding hydrogens is 265 g/mol. The SMILES string of the molecule is CCC(C)(C)Nc1ccc(OP(=O)(OC)OC)cc1. The van der Waals surface area contributed by atoms with Gasteiger partial charge in [-0.2, -0.15) is 0 Å². The van der Waals surface area contributed by atoms with Gasteiger partial charge >= 0.3 is 7.82 Å². The summed E-state index contributed by atoms with van der Waals surface area (Å²) in [5.41, 5.74) is 1.00. The van der Waals surface area contributed by atoms with Crippen LogP contribution in [0, 0.1) is 0 Å². The average Bonchev–Trinajstić information content (AvgIpc) is 2.40. The zero-order chi connectivity index (χ0) is 14.5. The second-order valence-corrected chi connectivity index (χ2v) is 6.60. The van der Waals surface area contributed by atoms with E-state index in [0.29, 0.717) is 5.75 Å². The van der Waals surface area contributed by atoms with E-state index >= 15 is 0 Å². The molecule has 0 amide bonds. The minimum absolute atomic E-state index is 0.0245. The van der Waals surface area contributed by atoms with Gasteiger partial charge in [0.15, 0.2) is 0 Å². The summed E-state index contributed by atoms with van der Waals surface area (Å²) in [4.78, 5) is 0. The molecule has 0 atom stereocenters. The molecule has 19 heavy (non-hydrogen) atoms. The van der Waals surface area contributed by atoms with Gasteiger partial charge in [-0.3, -0.25) is 9.05 Å². The van der Waals surface area contributed by atoms with Crippen molar-refractivity contribution in [1.82, 2.24) is 0 Å². The molecule has 0 unspecified atom stereocenters. The Bertz CT molecular complexity index is 436. The second kappa shape index (κ2) is 6.42. The van der Waals surface area contributed by atoms with E-state index in [9.17, 15) is 4.57 Å². The summed E-state index contributed by atoms with van der Waals surface area (Å²) in [7, 11) is -0.922. The molecule has 0 heterocycles. The Balaban J connectivity index is 2.75. The fourth-order valence-corrected chi connectivity index (χ4v) is 2.03. The maximum Gasteiger partial charge on any atom is 0.529 e. The first-order valence-corrected chi connectivity index (χ1v) is 7.59. The molecule has 1 rings (SSSR count). The third-order valence-electron chi connectivity index (χ3n) is 2.89. The van der Waals surface area contributed by atoms with Gasteiger partial charge in [0, 0.05) is 25.4 Å². The minimum Gasteiger partial charge on any atom is -0.404 e. The molecule has 0 saturated carbocycles. The van der Waals surface area contributed by atoms with Crippen molar-refractivity contribution >= 4 is 13.5 Å². The molecule has 0 spiro atoms. The van der Waals surface area contributed by atoms with Crippen LogP contribution in [0.1, 0.15) is 27.2 Å². The Labute approximate surface area is 114 Å². The van der Waals surface area contributed by atoms with E-state index in [1.54, 1.807) is 12.1 Å². The first kappa shape index (κ1) is 16.0. The van der Waals surface area contributed by atoms with Crippen LogP contribution in [-0.4, -0.2) is 19.8 Å². The molecule has 0 radical (unpaired) electrons. The molecule has 0 aliphatic heterocycles. The van der Waals surface area contributed by atoms with E-state index in [2.05, 4.69) is 26.1 Å². The third kappa shape index (κ3) is 4.86. The largest absolute Gasteiger partial charge is 0.529 e. The Hall–Kier alpha value is -1.03. The smallest absolute Gasteiger partial charge is 0.404 e. The Morgan fingerprint density at radius 2 is 1.68 bits per heavy atom. The zero-order valence-corrected chi connectivity index (χ0v) is 13.0. The molecule has 0 saturated heterocycles. The van der Waals surface area contributed by atoms with Crippen molar-refractivity contribution in [2.24, 2.45) is 0 Å². The predicted octanol–water partition coefficient (Wildman–Crippen LogP) is 4.07. The van der Waals surface area contributed by atoms with Crippen LogP contribution in [0.4, 0.5) is 5.69 Å². The molecule has 5 nitrogen and oxygen atoms in total. The maximum absolute atomic E-state index is 11.8. The lowest BCUT2D eigenvalue weighted by Gasteiger charge is -2.26. The van der Waals surface area contributed by atoms with Crippen LogP contribution in [0.5, 0.6) is 5.75 Å². The Kier molecular flexibility index (Phi) is 5.41. The summed E-state index contributed by atoms with van der Waals surface area (Å²) in [6.45, 7) is 6.38. The van der Waals surface area contributed by atoms with Gasteiger partial charge in [0.2, 0.25) is 0 Å². The van der Waals surface area contributed by atoms with Crippen LogP contribution in [0.2, 0.25) is 0 Å².